The summed E-state index contributed by atoms with van der Waals surface area (Å²) in [5, 5.41) is 0. The van der Waals surface area contributed by atoms with Crippen molar-refractivity contribution in [2.75, 3.05) is 0 Å². The molecule has 0 aromatic carbocycles. The Labute approximate surface area is 61.5 Å². The van der Waals surface area contributed by atoms with E-state index in [9.17, 15) is 30.9 Å². The van der Waals surface area contributed by atoms with Crippen molar-refractivity contribution in [1.82, 2.24) is 0 Å². The smallest absolute Gasteiger partial charge is 0.318 e. The molecule has 0 bridgehead atoms. The molecule has 0 aliphatic rings. The van der Waals surface area contributed by atoms with Crippen molar-refractivity contribution in [2.45, 2.75) is 12.3 Å². The van der Waals surface area contributed by atoms with E-state index < -0.39 is 19.9 Å². The van der Waals surface area contributed by atoms with Crippen molar-refractivity contribution >= 4 is 7.60 Å². The van der Waals surface area contributed by atoms with Gasteiger partial charge in [0.1, 0.15) is 0 Å². The third-order valence-electron chi connectivity index (χ3n) is 0.548. The number of hydrogen-bond acceptors (Lipinski definition) is 2. The van der Waals surface area contributed by atoms with Crippen LogP contribution >= 0.6 is 7.60 Å². The minimum absolute atomic E-state index is 1.98. The highest BCUT2D eigenvalue weighted by atomic mass is 31.2. The van der Waals surface area contributed by atoms with Gasteiger partial charge in [-0.1, -0.05) is 0 Å². The molecule has 3 nitrogen and oxygen atoms in total. The lowest BCUT2D eigenvalue weighted by atomic mass is 11.4. The molecule has 0 rings (SSSR count). The van der Waals surface area contributed by atoms with Gasteiger partial charge in [0, 0.05) is 0 Å². The van der Waals surface area contributed by atoms with Gasteiger partial charge < -0.3 is 4.89 Å². The van der Waals surface area contributed by atoms with Crippen molar-refractivity contribution in [1.29, 1.82) is 0 Å². The SMILES string of the molecule is O=P(O)(OC(F)(F)F)C(F)(F)F. The second kappa shape index (κ2) is 2.90. The molecular weight excluding hydrogens is 217 g/mol. The van der Waals surface area contributed by atoms with Gasteiger partial charge in [0.15, 0.2) is 0 Å². The van der Waals surface area contributed by atoms with Crippen LogP contribution in [-0.2, 0) is 9.09 Å². The second-order valence-electron chi connectivity index (χ2n) is 1.53. The zero-order valence-corrected chi connectivity index (χ0v) is 5.87. The molecule has 0 saturated heterocycles. The van der Waals surface area contributed by atoms with E-state index in [1.807, 2.05) is 4.52 Å². The van der Waals surface area contributed by atoms with Crippen LogP contribution < -0.4 is 0 Å². The van der Waals surface area contributed by atoms with Crippen LogP contribution in [0.4, 0.5) is 26.3 Å². The molecule has 10 heteroatoms. The van der Waals surface area contributed by atoms with Crippen LogP contribution in [0.25, 0.3) is 0 Å². The molecule has 1 atom stereocenters. The largest absolute Gasteiger partial charge is 0.529 e. The van der Waals surface area contributed by atoms with E-state index in [0.29, 0.717) is 0 Å². The van der Waals surface area contributed by atoms with Crippen LogP contribution in [-0.4, -0.2) is 17.2 Å². The molecule has 0 aliphatic heterocycles. The fraction of sp³-hybridized carbons (Fsp3) is 1.00. The van der Waals surface area contributed by atoms with Crippen molar-refractivity contribution in [3.63, 3.8) is 0 Å². The van der Waals surface area contributed by atoms with Gasteiger partial charge in [-0.3, -0.25) is 0 Å². The summed E-state index contributed by atoms with van der Waals surface area (Å²) in [4.78, 5) is 7.67. The number of hydrogen-bond donors (Lipinski definition) is 1. The quantitative estimate of drug-likeness (QED) is 0.542. The Hall–Kier alpha value is -0.270. The van der Waals surface area contributed by atoms with Crippen LogP contribution in [0.3, 0.4) is 0 Å². The average Bonchev–Trinajstić information content (AvgIpc) is 1.52. The first-order chi connectivity index (χ1) is 4.96. The molecule has 0 heterocycles. The van der Waals surface area contributed by atoms with E-state index in [0.717, 1.165) is 0 Å². The maximum Gasteiger partial charge on any atom is 0.529 e. The molecular formula is C2HF6O3P. The van der Waals surface area contributed by atoms with E-state index in [1.54, 1.807) is 0 Å². The summed E-state index contributed by atoms with van der Waals surface area (Å²) in [7, 11) is -6.62. The van der Waals surface area contributed by atoms with Gasteiger partial charge in [-0.05, 0) is 0 Å². The summed E-state index contributed by atoms with van der Waals surface area (Å²) in [5.41, 5.74) is 0. The van der Waals surface area contributed by atoms with Crippen molar-refractivity contribution in [3.8, 4) is 0 Å². The third-order valence-corrected chi connectivity index (χ3v) is 1.64. The Morgan fingerprint density at radius 3 is 1.50 bits per heavy atom. The summed E-state index contributed by atoms with van der Waals surface area (Å²) in [6.45, 7) is 0. The number of rotatable bonds is 1. The predicted octanol–water partition coefficient (Wildman–Crippen LogP) is 2.23. The first-order valence-corrected chi connectivity index (χ1v) is 3.70. The van der Waals surface area contributed by atoms with Crippen LogP contribution in [0.15, 0.2) is 0 Å². The van der Waals surface area contributed by atoms with E-state index in [4.69, 9.17) is 4.89 Å². The highest BCUT2D eigenvalue weighted by Gasteiger charge is 2.58. The zero-order valence-electron chi connectivity index (χ0n) is 4.98. The molecule has 0 spiro atoms. The first-order valence-electron chi connectivity index (χ1n) is 2.13. The van der Waals surface area contributed by atoms with Crippen molar-refractivity contribution in [3.05, 3.63) is 0 Å². The van der Waals surface area contributed by atoms with Gasteiger partial charge >= 0.3 is 19.9 Å². The lowest BCUT2D eigenvalue weighted by Crippen LogP contribution is -2.19. The third kappa shape index (κ3) is 3.42. The second-order valence-corrected chi connectivity index (χ2v) is 3.26. The van der Waals surface area contributed by atoms with E-state index in [1.165, 1.54) is 0 Å². The van der Waals surface area contributed by atoms with Crippen molar-refractivity contribution in [2.24, 2.45) is 0 Å². The van der Waals surface area contributed by atoms with Gasteiger partial charge in [-0.25, -0.2) is 9.09 Å². The van der Waals surface area contributed by atoms with E-state index in [2.05, 4.69) is 0 Å². The van der Waals surface area contributed by atoms with E-state index >= 15 is 0 Å². The van der Waals surface area contributed by atoms with Crippen LogP contribution in [0.2, 0.25) is 0 Å². The Balaban J connectivity index is 4.57. The molecule has 0 radical (unpaired) electrons. The minimum Gasteiger partial charge on any atom is -0.318 e. The highest BCUT2D eigenvalue weighted by molar-refractivity contribution is 7.53. The number of halogens is 6. The molecule has 0 saturated carbocycles. The Bertz CT molecular complexity index is 204. The topological polar surface area (TPSA) is 46.5 Å². The Kier molecular flexibility index (Phi) is 2.83. The van der Waals surface area contributed by atoms with Gasteiger partial charge in [0.05, 0.1) is 0 Å². The van der Waals surface area contributed by atoms with E-state index in [-0.39, 0.29) is 0 Å². The lowest BCUT2D eigenvalue weighted by Gasteiger charge is -2.15. The minimum atomic E-state index is -6.62. The summed E-state index contributed by atoms with van der Waals surface area (Å²) >= 11 is 0. The molecule has 0 aliphatic carbocycles. The number of alkyl halides is 6. The van der Waals surface area contributed by atoms with Gasteiger partial charge in [-0.15, -0.1) is 13.2 Å². The summed E-state index contributed by atoms with van der Waals surface area (Å²) in [5.74, 6) is -5.93. The van der Waals surface area contributed by atoms with Gasteiger partial charge in [0.2, 0.25) is 0 Å². The summed E-state index contributed by atoms with van der Waals surface area (Å²) in [6, 6.07) is 0. The summed E-state index contributed by atoms with van der Waals surface area (Å²) in [6.07, 6.45) is -5.79. The fourth-order valence-electron chi connectivity index (χ4n) is 0.192. The van der Waals surface area contributed by atoms with Crippen LogP contribution in [0, 0.1) is 0 Å². The van der Waals surface area contributed by atoms with Crippen molar-refractivity contribution < 1.29 is 40.3 Å². The molecule has 0 aromatic heterocycles. The first kappa shape index (κ1) is 11.7. The zero-order chi connectivity index (χ0) is 10.2. The standard InChI is InChI=1S/C2HF6O3P/c3-1(4,5)11-12(9,10)2(6,7)8/h(H,9,10). The molecule has 1 unspecified atom stereocenters. The predicted molar refractivity (Wildman–Crippen MR) is 23.0 cm³/mol. The normalized spacial score (nSPS) is 18.9. The Morgan fingerprint density at radius 2 is 1.42 bits per heavy atom. The summed E-state index contributed by atoms with van der Waals surface area (Å²) < 4.78 is 78.5. The monoisotopic (exact) mass is 218 g/mol. The average molecular weight is 218 g/mol. The molecule has 74 valence electrons. The van der Waals surface area contributed by atoms with Crippen LogP contribution in [0.5, 0.6) is 0 Å². The molecule has 0 aromatic rings. The molecule has 1 N–H and O–H groups in total. The molecule has 0 fully saturated rings. The van der Waals surface area contributed by atoms with Gasteiger partial charge in [0.25, 0.3) is 0 Å². The fourth-order valence-corrected chi connectivity index (χ4v) is 0.576. The van der Waals surface area contributed by atoms with Crippen LogP contribution in [0.1, 0.15) is 0 Å². The molecule has 12 heavy (non-hydrogen) atoms. The lowest BCUT2D eigenvalue weighted by molar-refractivity contribution is -0.284. The Morgan fingerprint density at radius 1 is 1.08 bits per heavy atom. The maximum atomic E-state index is 11.2. The molecule has 0 amide bonds. The van der Waals surface area contributed by atoms with Gasteiger partial charge in [-0.2, -0.15) is 13.2 Å². The maximum absolute atomic E-state index is 11.2. The highest BCUT2D eigenvalue weighted by Crippen LogP contribution is 2.61.